The maximum atomic E-state index is 13.5. The normalized spacial score (nSPS) is 18.3. The average molecular weight is 549 g/mol. The number of ketones is 1. The Bertz CT molecular complexity index is 1260. The zero-order chi connectivity index (χ0) is 28.5. The van der Waals surface area contributed by atoms with Gasteiger partial charge in [0, 0.05) is 31.0 Å². The molecule has 4 N–H and O–H groups in total. The molecule has 0 aromatic heterocycles. The van der Waals surface area contributed by atoms with Gasteiger partial charge in [-0.1, -0.05) is 42.5 Å². The number of halogens is 1. The molecule has 3 atom stereocenters. The molecular formula is C30H33FN4O5. The van der Waals surface area contributed by atoms with Gasteiger partial charge in [-0.05, 0) is 61.4 Å². The molecule has 0 unspecified atom stereocenters. The molecule has 4 amide bonds. The molecular weight excluding hydrogens is 515 g/mol. The van der Waals surface area contributed by atoms with Crippen LogP contribution in [0.2, 0.25) is 0 Å². The van der Waals surface area contributed by atoms with Crippen LogP contribution >= 0.6 is 0 Å². The second-order valence-electron chi connectivity index (χ2n) is 10.2. The molecule has 40 heavy (non-hydrogen) atoms. The molecule has 2 aromatic rings. The second-order valence-corrected chi connectivity index (χ2v) is 10.2. The molecule has 1 aliphatic carbocycles. The lowest BCUT2D eigenvalue weighted by atomic mass is 9.89. The summed E-state index contributed by atoms with van der Waals surface area (Å²) in [4.78, 5) is 64.4. The lowest BCUT2D eigenvalue weighted by molar-refractivity contribution is -0.141. The minimum atomic E-state index is -1.26. The van der Waals surface area contributed by atoms with Crippen LogP contribution in [0, 0.1) is 11.7 Å². The second kappa shape index (κ2) is 13.6. The Hall–Kier alpha value is -4.34. The van der Waals surface area contributed by atoms with Crippen molar-refractivity contribution >= 4 is 35.5 Å². The van der Waals surface area contributed by atoms with Gasteiger partial charge in [0.05, 0.1) is 6.04 Å². The van der Waals surface area contributed by atoms with Crippen LogP contribution in [-0.4, -0.2) is 54.1 Å². The van der Waals surface area contributed by atoms with Crippen molar-refractivity contribution in [2.24, 2.45) is 5.92 Å². The monoisotopic (exact) mass is 548 g/mol. The minimum absolute atomic E-state index is 0.0100. The van der Waals surface area contributed by atoms with Crippen LogP contribution in [0.4, 0.5) is 4.39 Å². The Morgan fingerprint density at radius 1 is 0.950 bits per heavy atom. The summed E-state index contributed by atoms with van der Waals surface area (Å²) < 4.78 is 13.5. The molecule has 2 aliphatic rings. The molecule has 0 bridgehead atoms. The highest BCUT2D eigenvalue weighted by Crippen LogP contribution is 2.21. The number of nitrogens with one attached hydrogen (secondary N) is 4. The Balaban J connectivity index is 1.51. The molecule has 0 radical (unpaired) electrons. The van der Waals surface area contributed by atoms with Crippen molar-refractivity contribution < 1.29 is 28.4 Å². The van der Waals surface area contributed by atoms with E-state index >= 15 is 0 Å². The topological polar surface area (TPSA) is 133 Å². The van der Waals surface area contributed by atoms with E-state index in [4.69, 9.17) is 0 Å². The fourth-order valence-corrected chi connectivity index (χ4v) is 4.51. The predicted molar refractivity (Wildman–Crippen MR) is 146 cm³/mol. The van der Waals surface area contributed by atoms with E-state index < -0.39 is 47.3 Å². The maximum absolute atomic E-state index is 13.5. The van der Waals surface area contributed by atoms with Crippen LogP contribution in [0.15, 0.2) is 60.7 Å². The predicted octanol–water partition coefficient (Wildman–Crippen LogP) is 1.82. The molecule has 1 saturated heterocycles. The third-order valence-corrected chi connectivity index (χ3v) is 6.90. The van der Waals surface area contributed by atoms with E-state index in [1.54, 1.807) is 6.08 Å². The standard InChI is InChI=1S/C30H33FN4O5/c31-22-11-8-20(9-12-22)17-25(34-26(36)15-10-19-5-2-1-3-6-19)29(39)35-24(18-21-7-4-16-32-28(21)38)27(37)30(40)33-23-13-14-23/h1-3,5-6,8-12,15,21,23-25H,4,7,13-14,16-18H2,(H,32,38)(H,33,40)(H,34,36)(H,35,39)/b15-10+/t21-,24-,25-/m0/s1. The summed E-state index contributed by atoms with van der Waals surface area (Å²) in [5.74, 6) is -4.12. The van der Waals surface area contributed by atoms with Crippen molar-refractivity contribution in [3.05, 3.63) is 77.6 Å². The summed E-state index contributed by atoms with van der Waals surface area (Å²) in [5.41, 5.74) is 1.37. The van der Waals surface area contributed by atoms with Crippen molar-refractivity contribution in [1.82, 2.24) is 21.3 Å². The van der Waals surface area contributed by atoms with Gasteiger partial charge < -0.3 is 21.3 Å². The van der Waals surface area contributed by atoms with Gasteiger partial charge in [0.1, 0.15) is 11.9 Å². The van der Waals surface area contributed by atoms with Crippen molar-refractivity contribution in [3.8, 4) is 0 Å². The van der Waals surface area contributed by atoms with Gasteiger partial charge in [0.15, 0.2) is 0 Å². The molecule has 2 aromatic carbocycles. The number of carbonyl (C=O) groups excluding carboxylic acids is 5. The fraction of sp³-hybridized carbons (Fsp3) is 0.367. The largest absolute Gasteiger partial charge is 0.356 e. The number of benzene rings is 2. The first-order valence-electron chi connectivity index (χ1n) is 13.5. The lowest BCUT2D eigenvalue weighted by Gasteiger charge is -2.27. The van der Waals surface area contributed by atoms with Gasteiger partial charge in [-0.3, -0.25) is 24.0 Å². The van der Waals surface area contributed by atoms with Gasteiger partial charge in [0.2, 0.25) is 23.5 Å². The number of rotatable bonds is 12. The van der Waals surface area contributed by atoms with Crippen LogP contribution in [0.3, 0.4) is 0 Å². The summed E-state index contributed by atoms with van der Waals surface area (Å²) >= 11 is 0. The first kappa shape index (κ1) is 28.7. The summed E-state index contributed by atoms with van der Waals surface area (Å²) in [5, 5.41) is 10.7. The van der Waals surface area contributed by atoms with Crippen LogP contribution in [0.1, 0.15) is 43.2 Å². The van der Waals surface area contributed by atoms with E-state index in [1.165, 1.54) is 30.3 Å². The molecule has 1 heterocycles. The van der Waals surface area contributed by atoms with Crippen LogP contribution in [-0.2, 0) is 30.4 Å². The summed E-state index contributed by atoms with van der Waals surface area (Å²) in [7, 11) is 0. The summed E-state index contributed by atoms with van der Waals surface area (Å²) in [6, 6.07) is 12.2. The molecule has 9 nitrogen and oxygen atoms in total. The van der Waals surface area contributed by atoms with E-state index in [9.17, 15) is 28.4 Å². The van der Waals surface area contributed by atoms with Gasteiger partial charge in [-0.25, -0.2) is 4.39 Å². The van der Waals surface area contributed by atoms with E-state index in [2.05, 4.69) is 21.3 Å². The van der Waals surface area contributed by atoms with Crippen LogP contribution in [0.5, 0.6) is 0 Å². The summed E-state index contributed by atoms with van der Waals surface area (Å²) in [6.07, 6.45) is 5.66. The Morgan fingerprint density at radius 3 is 2.35 bits per heavy atom. The number of piperidine rings is 1. The quantitative estimate of drug-likeness (QED) is 0.237. The van der Waals surface area contributed by atoms with Gasteiger partial charge in [0.25, 0.3) is 5.91 Å². The van der Waals surface area contributed by atoms with Crippen molar-refractivity contribution in [1.29, 1.82) is 0 Å². The van der Waals surface area contributed by atoms with Gasteiger partial charge in [-0.2, -0.15) is 0 Å². The SMILES string of the molecule is O=C(/C=C/c1ccccc1)N[C@@H](Cc1ccc(F)cc1)C(=O)N[C@@H](C[C@@H]1CCCNC1=O)C(=O)C(=O)NC1CC1. The van der Waals surface area contributed by atoms with E-state index in [1.807, 2.05) is 30.3 Å². The highest BCUT2D eigenvalue weighted by Gasteiger charge is 2.36. The fourth-order valence-electron chi connectivity index (χ4n) is 4.51. The Morgan fingerprint density at radius 2 is 1.68 bits per heavy atom. The molecule has 10 heteroatoms. The third-order valence-electron chi connectivity index (χ3n) is 6.90. The van der Waals surface area contributed by atoms with E-state index in [0.29, 0.717) is 18.5 Å². The number of hydrogen-bond donors (Lipinski definition) is 4. The van der Waals surface area contributed by atoms with Crippen molar-refractivity contribution in [3.63, 3.8) is 0 Å². The zero-order valence-electron chi connectivity index (χ0n) is 22.0. The number of carbonyl (C=O) groups is 5. The Kier molecular flexibility index (Phi) is 9.77. The highest BCUT2D eigenvalue weighted by atomic mass is 19.1. The lowest BCUT2D eigenvalue weighted by Crippen LogP contribution is -2.55. The minimum Gasteiger partial charge on any atom is -0.356 e. The van der Waals surface area contributed by atoms with E-state index in [-0.39, 0.29) is 24.8 Å². The van der Waals surface area contributed by atoms with Gasteiger partial charge in [-0.15, -0.1) is 0 Å². The molecule has 4 rings (SSSR count). The molecule has 2 fully saturated rings. The average Bonchev–Trinajstić information content (AvgIpc) is 3.77. The molecule has 210 valence electrons. The number of hydrogen-bond acceptors (Lipinski definition) is 5. The number of Topliss-reactive ketones (excluding diaryl/α,β-unsaturated/α-hetero) is 1. The molecule has 1 aliphatic heterocycles. The molecule has 1 saturated carbocycles. The molecule has 0 spiro atoms. The zero-order valence-corrected chi connectivity index (χ0v) is 22.0. The summed E-state index contributed by atoms with van der Waals surface area (Å²) in [6.45, 7) is 0.532. The number of amides is 4. The van der Waals surface area contributed by atoms with Gasteiger partial charge >= 0.3 is 0 Å². The van der Waals surface area contributed by atoms with Crippen molar-refractivity contribution in [2.45, 2.75) is 56.7 Å². The maximum Gasteiger partial charge on any atom is 0.289 e. The first-order valence-corrected chi connectivity index (χ1v) is 13.5. The van der Waals surface area contributed by atoms with Crippen LogP contribution < -0.4 is 21.3 Å². The van der Waals surface area contributed by atoms with Crippen molar-refractivity contribution in [2.75, 3.05) is 6.54 Å². The Labute approximate surface area is 232 Å². The highest BCUT2D eigenvalue weighted by molar-refractivity contribution is 6.38. The van der Waals surface area contributed by atoms with Crippen LogP contribution in [0.25, 0.3) is 6.08 Å². The first-order chi connectivity index (χ1) is 19.3. The van der Waals surface area contributed by atoms with E-state index in [0.717, 1.165) is 24.8 Å². The smallest absolute Gasteiger partial charge is 0.289 e. The third kappa shape index (κ3) is 8.59.